The molecule has 0 N–H and O–H groups in total. The highest BCUT2D eigenvalue weighted by atomic mass is 32.2. The van der Waals surface area contributed by atoms with Gasteiger partial charge in [-0.2, -0.15) is 0 Å². The van der Waals surface area contributed by atoms with Crippen LogP contribution in [-0.4, -0.2) is 45.8 Å². The van der Waals surface area contributed by atoms with Crippen LogP contribution in [0.25, 0.3) is 10.2 Å². The third-order valence-corrected chi connectivity index (χ3v) is 5.80. The predicted molar refractivity (Wildman–Crippen MR) is 108 cm³/mol. The molecule has 27 heavy (non-hydrogen) atoms. The van der Waals surface area contributed by atoms with Crippen molar-refractivity contribution in [3.8, 4) is 0 Å². The van der Waals surface area contributed by atoms with Crippen molar-refractivity contribution in [2.45, 2.75) is 5.75 Å². The molecule has 0 aliphatic carbocycles. The summed E-state index contributed by atoms with van der Waals surface area (Å²) in [6, 6.07) is 14.4. The van der Waals surface area contributed by atoms with E-state index in [4.69, 9.17) is 4.74 Å². The number of methoxy groups -OCH3 is 1. The van der Waals surface area contributed by atoms with E-state index in [0.29, 0.717) is 29.4 Å². The highest BCUT2D eigenvalue weighted by molar-refractivity contribution is 7.89. The summed E-state index contributed by atoms with van der Waals surface area (Å²) in [5.74, 6) is -0.339. The third-order valence-electron chi connectivity index (χ3n) is 3.88. The molecular formula is C19H20N2O4S2. The van der Waals surface area contributed by atoms with Crippen LogP contribution in [0, 0.1) is 0 Å². The number of carbonyl (C=O) groups excluding carboxylic acids is 1. The van der Waals surface area contributed by atoms with E-state index in [2.05, 4.69) is 4.98 Å². The molecule has 8 heteroatoms. The van der Waals surface area contributed by atoms with E-state index in [1.165, 1.54) is 17.6 Å². The number of sulfone groups is 1. The summed E-state index contributed by atoms with van der Waals surface area (Å²) >= 11 is 1.44. The molecule has 0 bridgehead atoms. The summed E-state index contributed by atoms with van der Waals surface area (Å²) in [6.07, 6.45) is 1.17. The van der Waals surface area contributed by atoms with Gasteiger partial charge in [-0.1, -0.05) is 35.6 Å². The van der Waals surface area contributed by atoms with Gasteiger partial charge in [0.2, 0.25) is 0 Å². The molecule has 0 atom stereocenters. The number of fused-ring (bicyclic) bond motifs is 1. The van der Waals surface area contributed by atoms with Crippen LogP contribution in [0.4, 0.5) is 5.13 Å². The highest BCUT2D eigenvalue weighted by Gasteiger charge is 2.21. The zero-order chi connectivity index (χ0) is 19.4. The monoisotopic (exact) mass is 404 g/mol. The van der Waals surface area contributed by atoms with Gasteiger partial charge >= 0.3 is 0 Å². The molecule has 3 aromatic rings. The number of aromatic nitrogens is 1. The van der Waals surface area contributed by atoms with Crippen LogP contribution < -0.4 is 4.90 Å². The van der Waals surface area contributed by atoms with E-state index in [1.54, 1.807) is 36.3 Å². The number of nitrogens with zero attached hydrogens (tertiary/aromatic N) is 2. The molecule has 3 rings (SSSR count). The van der Waals surface area contributed by atoms with Gasteiger partial charge in [0.05, 0.1) is 29.1 Å². The molecule has 0 spiro atoms. The first-order valence-corrected chi connectivity index (χ1v) is 11.2. The van der Waals surface area contributed by atoms with Crippen LogP contribution in [0.15, 0.2) is 48.5 Å². The molecular weight excluding hydrogens is 384 g/mol. The Hall–Kier alpha value is -2.29. The number of anilines is 1. The number of benzene rings is 2. The SMILES string of the molecule is COCCN(C(=O)c1cccc(CS(C)(=O)=O)c1)c1nc2ccccc2s1. The zero-order valence-corrected chi connectivity index (χ0v) is 16.7. The molecule has 6 nitrogen and oxygen atoms in total. The van der Waals surface area contributed by atoms with Gasteiger partial charge in [0.1, 0.15) is 0 Å². The van der Waals surface area contributed by atoms with Gasteiger partial charge < -0.3 is 4.74 Å². The van der Waals surface area contributed by atoms with Crippen LogP contribution in [0.5, 0.6) is 0 Å². The molecule has 0 unspecified atom stereocenters. The van der Waals surface area contributed by atoms with E-state index in [1.807, 2.05) is 24.3 Å². The van der Waals surface area contributed by atoms with Crippen LogP contribution in [0.3, 0.4) is 0 Å². The zero-order valence-electron chi connectivity index (χ0n) is 15.1. The summed E-state index contributed by atoms with van der Waals surface area (Å²) in [5.41, 5.74) is 1.84. The lowest BCUT2D eigenvalue weighted by molar-refractivity contribution is 0.0976. The first-order chi connectivity index (χ1) is 12.9. The van der Waals surface area contributed by atoms with Crippen LogP contribution in [-0.2, 0) is 20.3 Å². The van der Waals surface area contributed by atoms with Gasteiger partial charge in [-0.15, -0.1) is 0 Å². The second-order valence-electron chi connectivity index (χ2n) is 6.18. The lowest BCUT2D eigenvalue weighted by Gasteiger charge is -2.19. The number of rotatable bonds is 7. The maximum absolute atomic E-state index is 13.1. The standard InChI is InChI=1S/C19H20N2O4S2/c1-25-11-10-21(19-20-16-8-3-4-9-17(16)26-19)18(22)15-7-5-6-14(12-15)13-27(2,23)24/h3-9,12H,10-11,13H2,1-2H3. The topological polar surface area (TPSA) is 76.6 Å². The van der Waals surface area contributed by atoms with Gasteiger partial charge in [-0.05, 0) is 29.8 Å². The van der Waals surface area contributed by atoms with E-state index in [9.17, 15) is 13.2 Å². The maximum Gasteiger partial charge on any atom is 0.260 e. The van der Waals surface area contributed by atoms with E-state index in [-0.39, 0.29) is 11.7 Å². The van der Waals surface area contributed by atoms with Crippen LogP contribution >= 0.6 is 11.3 Å². The quantitative estimate of drug-likeness (QED) is 0.605. The number of hydrogen-bond acceptors (Lipinski definition) is 6. The van der Waals surface area contributed by atoms with Gasteiger partial charge in [-0.3, -0.25) is 9.69 Å². The number of amides is 1. The fraction of sp³-hybridized carbons (Fsp3) is 0.263. The molecule has 1 heterocycles. The van der Waals surface area contributed by atoms with Crippen molar-refractivity contribution in [1.82, 2.24) is 4.98 Å². The fourth-order valence-corrected chi connectivity index (χ4v) is 4.47. The van der Waals surface area contributed by atoms with Gasteiger partial charge in [0, 0.05) is 18.9 Å². The Balaban J connectivity index is 1.95. The molecule has 1 aromatic heterocycles. The molecule has 0 saturated carbocycles. The van der Waals surface area contributed by atoms with Gasteiger partial charge in [0.15, 0.2) is 15.0 Å². The predicted octanol–water partition coefficient (Wildman–Crippen LogP) is 3.13. The van der Waals surface area contributed by atoms with Crippen molar-refractivity contribution in [1.29, 1.82) is 0 Å². The second-order valence-corrected chi connectivity index (χ2v) is 9.33. The molecule has 2 aromatic carbocycles. The Labute approximate surface area is 162 Å². The summed E-state index contributed by atoms with van der Waals surface area (Å²) in [4.78, 5) is 19.3. The summed E-state index contributed by atoms with van der Waals surface area (Å²) in [6.45, 7) is 0.718. The molecule has 0 saturated heterocycles. The Kier molecular flexibility index (Phi) is 5.88. The average molecular weight is 405 g/mol. The fourth-order valence-electron chi connectivity index (χ4n) is 2.69. The maximum atomic E-state index is 13.1. The van der Waals surface area contributed by atoms with Crippen molar-refractivity contribution >= 4 is 42.4 Å². The molecule has 142 valence electrons. The molecule has 1 amide bonds. The third kappa shape index (κ3) is 4.91. The van der Waals surface area contributed by atoms with Crippen molar-refractivity contribution in [2.75, 3.05) is 31.4 Å². The van der Waals surface area contributed by atoms with Crippen LogP contribution in [0.1, 0.15) is 15.9 Å². The highest BCUT2D eigenvalue weighted by Crippen LogP contribution is 2.29. The first kappa shape index (κ1) is 19.5. The Morgan fingerprint density at radius 2 is 1.96 bits per heavy atom. The Morgan fingerprint density at radius 1 is 1.19 bits per heavy atom. The molecule has 0 aliphatic heterocycles. The summed E-state index contributed by atoms with van der Waals surface area (Å²) in [7, 11) is -1.60. The largest absolute Gasteiger partial charge is 0.383 e. The first-order valence-electron chi connectivity index (χ1n) is 8.30. The second kappa shape index (κ2) is 8.16. The molecule has 0 fully saturated rings. The summed E-state index contributed by atoms with van der Waals surface area (Å²) < 4.78 is 29.3. The number of hydrogen-bond donors (Lipinski definition) is 0. The van der Waals surface area contributed by atoms with Gasteiger partial charge in [-0.25, -0.2) is 13.4 Å². The summed E-state index contributed by atoms with van der Waals surface area (Å²) in [5, 5.41) is 0.590. The molecule has 0 radical (unpaired) electrons. The van der Waals surface area contributed by atoms with Crippen LogP contribution in [0.2, 0.25) is 0 Å². The number of thiazole rings is 1. The smallest absolute Gasteiger partial charge is 0.260 e. The minimum absolute atomic E-state index is 0.104. The van der Waals surface area contributed by atoms with E-state index in [0.717, 1.165) is 10.2 Å². The minimum atomic E-state index is -3.18. The van der Waals surface area contributed by atoms with E-state index >= 15 is 0 Å². The number of carbonyl (C=O) groups is 1. The lowest BCUT2D eigenvalue weighted by atomic mass is 10.1. The van der Waals surface area contributed by atoms with E-state index < -0.39 is 9.84 Å². The number of ether oxygens (including phenoxy) is 1. The average Bonchev–Trinajstić information content (AvgIpc) is 3.04. The Bertz CT molecular complexity index is 1030. The lowest BCUT2D eigenvalue weighted by Crippen LogP contribution is -2.34. The van der Waals surface area contributed by atoms with Crippen molar-refractivity contribution in [3.05, 3.63) is 59.7 Å². The Morgan fingerprint density at radius 3 is 2.67 bits per heavy atom. The minimum Gasteiger partial charge on any atom is -0.383 e. The van der Waals surface area contributed by atoms with Crippen molar-refractivity contribution in [3.63, 3.8) is 0 Å². The number of para-hydroxylation sites is 1. The van der Waals surface area contributed by atoms with Crippen molar-refractivity contribution < 1.29 is 17.9 Å². The van der Waals surface area contributed by atoms with Gasteiger partial charge in [0.25, 0.3) is 5.91 Å². The normalized spacial score (nSPS) is 11.6. The molecule has 0 aliphatic rings. The van der Waals surface area contributed by atoms with Crippen molar-refractivity contribution in [2.24, 2.45) is 0 Å².